The zero-order chi connectivity index (χ0) is 15.0. The number of hydrogen-bond acceptors (Lipinski definition) is 3. The highest BCUT2D eigenvalue weighted by Gasteiger charge is 2.16. The number of aromatic nitrogens is 1. The van der Waals surface area contributed by atoms with Crippen molar-refractivity contribution in [2.24, 2.45) is 0 Å². The van der Waals surface area contributed by atoms with E-state index in [0.29, 0.717) is 18.7 Å². The first-order chi connectivity index (χ1) is 9.60. The molecule has 110 valence electrons. The van der Waals surface area contributed by atoms with Crippen LogP contribution in [0.25, 0.3) is 0 Å². The van der Waals surface area contributed by atoms with Crippen molar-refractivity contribution in [1.82, 2.24) is 9.88 Å². The SMILES string of the molecule is CCCCN(CCCC)C(=O)c1ccnc(C(=O)O)c1. The van der Waals surface area contributed by atoms with E-state index < -0.39 is 5.97 Å². The van der Waals surface area contributed by atoms with E-state index in [-0.39, 0.29) is 11.6 Å². The van der Waals surface area contributed by atoms with Crippen LogP contribution in [0.4, 0.5) is 0 Å². The van der Waals surface area contributed by atoms with Gasteiger partial charge in [-0.2, -0.15) is 0 Å². The molecule has 0 atom stereocenters. The minimum absolute atomic E-state index is 0.0956. The van der Waals surface area contributed by atoms with Crippen LogP contribution >= 0.6 is 0 Å². The van der Waals surface area contributed by atoms with Crippen molar-refractivity contribution in [3.05, 3.63) is 29.6 Å². The molecule has 1 amide bonds. The van der Waals surface area contributed by atoms with Crippen LogP contribution in [0.1, 0.15) is 60.4 Å². The molecule has 0 aromatic carbocycles. The number of carbonyl (C=O) groups excluding carboxylic acids is 1. The largest absolute Gasteiger partial charge is 0.477 e. The normalized spacial score (nSPS) is 10.3. The Morgan fingerprint density at radius 2 is 1.80 bits per heavy atom. The van der Waals surface area contributed by atoms with Gasteiger partial charge in [0, 0.05) is 24.8 Å². The molecule has 0 bridgehead atoms. The van der Waals surface area contributed by atoms with Crippen molar-refractivity contribution in [2.75, 3.05) is 13.1 Å². The summed E-state index contributed by atoms with van der Waals surface area (Å²) in [4.78, 5) is 28.9. The molecule has 20 heavy (non-hydrogen) atoms. The Kier molecular flexibility index (Phi) is 6.70. The molecule has 0 aliphatic carbocycles. The van der Waals surface area contributed by atoms with Gasteiger partial charge in [-0.1, -0.05) is 26.7 Å². The van der Waals surface area contributed by atoms with E-state index in [1.807, 2.05) is 0 Å². The molecule has 0 saturated heterocycles. The van der Waals surface area contributed by atoms with Gasteiger partial charge in [-0.05, 0) is 25.0 Å². The maximum Gasteiger partial charge on any atom is 0.354 e. The number of pyridine rings is 1. The Morgan fingerprint density at radius 1 is 1.20 bits per heavy atom. The predicted octanol–water partition coefficient (Wildman–Crippen LogP) is 2.82. The number of amides is 1. The van der Waals surface area contributed by atoms with E-state index >= 15 is 0 Å². The number of hydrogen-bond donors (Lipinski definition) is 1. The monoisotopic (exact) mass is 278 g/mol. The third-order valence-electron chi connectivity index (χ3n) is 3.08. The fourth-order valence-electron chi connectivity index (χ4n) is 1.88. The highest BCUT2D eigenvalue weighted by molar-refractivity contribution is 5.96. The predicted molar refractivity (Wildman–Crippen MR) is 76.9 cm³/mol. The summed E-state index contributed by atoms with van der Waals surface area (Å²) in [5, 5.41) is 8.93. The standard InChI is InChI=1S/C15H22N2O3/c1-3-5-9-17(10-6-4-2)14(18)12-7-8-16-13(11-12)15(19)20/h7-8,11H,3-6,9-10H2,1-2H3,(H,19,20). The van der Waals surface area contributed by atoms with Crippen molar-refractivity contribution in [3.8, 4) is 0 Å². The first kappa shape index (κ1) is 16.1. The van der Waals surface area contributed by atoms with E-state index in [1.54, 1.807) is 11.0 Å². The second-order valence-electron chi connectivity index (χ2n) is 4.73. The number of aromatic carboxylic acids is 1. The number of nitrogens with zero attached hydrogens (tertiary/aromatic N) is 2. The van der Waals surface area contributed by atoms with Crippen LogP contribution in [0.2, 0.25) is 0 Å². The molecule has 0 radical (unpaired) electrons. The Labute approximate surface area is 119 Å². The molecule has 0 saturated carbocycles. The fourth-order valence-corrected chi connectivity index (χ4v) is 1.88. The van der Waals surface area contributed by atoms with E-state index in [0.717, 1.165) is 25.7 Å². The summed E-state index contributed by atoms with van der Waals surface area (Å²) < 4.78 is 0. The maximum absolute atomic E-state index is 12.4. The molecule has 0 unspecified atom stereocenters. The highest BCUT2D eigenvalue weighted by Crippen LogP contribution is 2.09. The van der Waals surface area contributed by atoms with Gasteiger partial charge in [0.15, 0.2) is 0 Å². The van der Waals surface area contributed by atoms with Crippen molar-refractivity contribution in [1.29, 1.82) is 0 Å². The molecule has 5 heteroatoms. The molecule has 1 N–H and O–H groups in total. The number of carbonyl (C=O) groups is 2. The maximum atomic E-state index is 12.4. The highest BCUT2D eigenvalue weighted by atomic mass is 16.4. The van der Waals surface area contributed by atoms with Crippen LogP contribution in [0, 0.1) is 0 Å². The summed E-state index contributed by atoms with van der Waals surface area (Å²) in [6, 6.07) is 2.91. The van der Waals surface area contributed by atoms with Gasteiger partial charge in [-0.3, -0.25) is 4.79 Å². The molecule has 1 heterocycles. The fraction of sp³-hybridized carbons (Fsp3) is 0.533. The number of carboxylic acids is 1. The second-order valence-corrected chi connectivity index (χ2v) is 4.73. The lowest BCUT2D eigenvalue weighted by molar-refractivity contribution is 0.0690. The van der Waals surface area contributed by atoms with Crippen LogP contribution in [0.5, 0.6) is 0 Å². The average molecular weight is 278 g/mol. The Balaban J connectivity index is 2.86. The van der Waals surface area contributed by atoms with Gasteiger partial charge in [-0.15, -0.1) is 0 Å². The smallest absolute Gasteiger partial charge is 0.354 e. The minimum atomic E-state index is -1.12. The zero-order valence-electron chi connectivity index (χ0n) is 12.1. The van der Waals surface area contributed by atoms with Gasteiger partial charge in [0.25, 0.3) is 5.91 Å². The Bertz CT molecular complexity index is 452. The Hall–Kier alpha value is -1.91. The zero-order valence-corrected chi connectivity index (χ0v) is 12.1. The molecule has 0 fully saturated rings. The minimum Gasteiger partial charge on any atom is -0.477 e. The lowest BCUT2D eigenvalue weighted by Crippen LogP contribution is -2.33. The third kappa shape index (κ3) is 4.64. The van der Waals surface area contributed by atoms with E-state index in [2.05, 4.69) is 18.8 Å². The summed E-state index contributed by atoms with van der Waals surface area (Å²) in [7, 11) is 0. The molecular weight excluding hydrogens is 256 g/mol. The lowest BCUT2D eigenvalue weighted by Gasteiger charge is -2.22. The van der Waals surface area contributed by atoms with Gasteiger partial charge in [-0.25, -0.2) is 9.78 Å². The number of unbranched alkanes of at least 4 members (excludes halogenated alkanes) is 2. The third-order valence-corrected chi connectivity index (χ3v) is 3.08. The van der Waals surface area contributed by atoms with Gasteiger partial charge < -0.3 is 10.0 Å². The summed E-state index contributed by atoms with van der Waals surface area (Å²) >= 11 is 0. The second kappa shape index (κ2) is 8.30. The van der Waals surface area contributed by atoms with Crippen molar-refractivity contribution < 1.29 is 14.7 Å². The van der Waals surface area contributed by atoms with Crippen molar-refractivity contribution >= 4 is 11.9 Å². The average Bonchev–Trinajstić information content (AvgIpc) is 2.47. The number of carboxylic acid groups (broad SMARTS) is 1. The Morgan fingerprint density at radius 3 is 2.30 bits per heavy atom. The van der Waals surface area contributed by atoms with E-state index in [1.165, 1.54) is 12.3 Å². The van der Waals surface area contributed by atoms with E-state index in [4.69, 9.17) is 5.11 Å². The van der Waals surface area contributed by atoms with Crippen LogP contribution in [0.15, 0.2) is 18.3 Å². The summed E-state index contributed by atoms with van der Waals surface area (Å²) in [6.07, 6.45) is 5.31. The molecule has 1 aromatic rings. The molecule has 0 spiro atoms. The van der Waals surface area contributed by atoms with Crippen LogP contribution < -0.4 is 0 Å². The molecule has 1 aromatic heterocycles. The molecule has 1 rings (SSSR count). The molecule has 0 aliphatic heterocycles. The first-order valence-electron chi connectivity index (χ1n) is 7.08. The molecular formula is C15H22N2O3. The van der Waals surface area contributed by atoms with Crippen molar-refractivity contribution in [3.63, 3.8) is 0 Å². The summed E-state index contributed by atoms with van der Waals surface area (Å²) in [5.41, 5.74) is 0.298. The first-order valence-corrected chi connectivity index (χ1v) is 7.08. The van der Waals surface area contributed by atoms with Crippen LogP contribution in [-0.2, 0) is 0 Å². The van der Waals surface area contributed by atoms with Gasteiger partial charge in [0.2, 0.25) is 0 Å². The molecule has 5 nitrogen and oxygen atoms in total. The van der Waals surface area contributed by atoms with Gasteiger partial charge in [0.05, 0.1) is 0 Å². The number of rotatable bonds is 8. The van der Waals surface area contributed by atoms with E-state index in [9.17, 15) is 9.59 Å². The van der Waals surface area contributed by atoms with Gasteiger partial charge in [0.1, 0.15) is 5.69 Å². The van der Waals surface area contributed by atoms with Crippen LogP contribution in [-0.4, -0.2) is 40.0 Å². The quantitative estimate of drug-likeness (QED) is 0.793. The lowest BCUT2D eigenvalue weighted by atomic mass is 10.1. The topological polar surface area (TPSA) is 70.5 Å². The summed E-state index contributed by atoms with van der Waals surface area (Å²) in [5.74, 6) is -1.23. The summed E-state index contributed by atoms with van der Waals surface area (Å²) in [6.45, 7) is 5.58. The van der Waals surface area contributed by atoms with Gasteiger partial charge >= 0.3 is 5.97 Å². The van der Waals surface area contributed by atoms with Crippen LogP contribution in [0.3, 0.4) is 0 Å². The molecule has 0 aliphatic rings. The van der Waals surface area contributed by atoms with Crippen molar-refractivity contribution in [2.45, 2.75) is 39.5 Å².